The second kappa shape index (κ2) is 8.99. The number of nitrogens with zero attached hydrogens (tertiary/aromatic N) is 3. The van der Waals surface area contributed by atoms with Crippen molar-refractivity contribution in [3.05, 3.63) is 62.7 Å². The van der Waals surface area contributed by atoms with E-state index in [1.165, 1.54) is 27.6 Å². The smallest absolute Gasteiger partial charge is 0.264 e. The van der Waals surface area contributed by atoms with Gasteiger partial charge in [-0.2, -0.15) is 0 Å². The molecule has 2 aromatic heterocycles. The predicted octanol–water partition coefficient (Wildman–Crippen LogP) is 2.83. The van der Waals surface area contributed by atoms with Gasteiger partial charge in [0.15, 0.2) is 11.9 Å². The molecule has 3 aromatic rings. The molecule has 3 heterocycles. The minimum atomic E-state index is -0.473. The highest BCUT2D eigenvalue weighted by molar-refractivity contribution is 5.90. The SMILES string of the molecule is Cc1ccc(Nc2cc(=O)n(C)c3ncn(CCOC4CCCCO4)c(=O)c23)c(F)c1. The van der Waals surface area contributed by atoms with Gasteiger partial charge >= 0.3 is 0 Å². The topological polar surface area (TPSA) is 87.4 Å². The minimum Gasteiger partial charge on any atom is -0.353 e. The van der Waals surface area contributed by atoms with Gasteiger partial charge in [0.25, 0.3) is 11.1 Å². The number of fused-ring (bicyclic) bond motifs is 1. The zero-order valence-corrected chi connectivity index (χ0v) is 17.6. The number of halogens is 1. The maximum atomic E-state index is 14.4. The standard InChI is InChI=1S/C22H25FN4O4/c1-14-6-7-16(15(23)11-14)25-17-12-18(28)26(2)21-20(17)22(29)27(13-24-21)8-10-31-19-5-3-4-9-30-19/h6-7,11-13,19,25H,3-5,8-10H2,1-2H3. The van der Waals surface area contributed by atoms with Crippen molar-refractivity contribution in [3.8, 4) is 0 Å². The summed E-state index contributed by atoms with van der Waals surface area (Å²) in [6.45, 7) is 3.03. The Morgan fingerprint density at radius 2 is 2.10 bits per heavy atom. The lowest BCUT2D eigenvalue weighted by Crippen LogP contribution is -2.29. The van der Waals surface area contributed by atoms with Gasteiger partial charge in [0.2, 0.25) is 0 Å². The van der Waals surface area contributed by atoms with Crippen molar-refractivity contribution in [1.29, 1.82) is 0 Å². The molecule has 1 aliphatic heterocycles. The Balaban J connectivity index is 1.66. The second-order valence-electron chi connectivity index (χ2n) is 7.67. The van der Waals surface area contributed by atoms with Gasteiger partial charge in [0.05, 0.1) is 30.9 Å². The van der Waals surface area contributed by atoms with Crippen molar-refractivity contribution < 1.29 is 13.9 Å². The van der Waals surface area contributed by atoms with Crippen molar-refractivity contribution in [1.82, 2.24) is 14.1 Å². The molecule has 1 aromatic carbocycles. The van der Waals surface area contributed by atoms with Gasteiger partial charge in [0, 0.05) is 19.7 Å². The lowest BCUT2D eigenvalue weighted by Gasteiger charge is -2.22. The number of nitrogens with one attached hydrogen (secondary N) is 1. The van der Waals surface area contributed by atoms with Gasteiger partial charge in [-0.05, 0) is 43.9 Å². The van der Waals surface area contributed by atoms with Crippen LogP contribution in [0.1, 0.15) is 24.8 Å². The molecule has 0 amide bonds. The van der Waals surface area contributed by atoms with Crippen LogP contribution in [0, 0.1) is 12.7 Å². The molecule has 1 aliphatic rings. The van der Waals surface area contributed by atoms with Crippen LogP contribution in [0.25, 0.3) is 11.0 Å². The molecular weight excluding hydrogens is 403 g/mol. The van der Waals surface area contributed by atoms with E-state index in [1.807, 2.05) is 0 Å². The number of ether oxygens (including phenoxy) is 2. The van der Waals surface area contributed by atoms with Crippen molar-refractivity contribution in [3.63, 3.8) is 0 Å². The summed E-state index contributed by atoms with van der Waals surface area (Å²) in [6.07, 6.45) is 4.07. The Morgan fingerprint density at radius 3 is 2.84 bits per heavy atom. The summed E-state index contributed by atoms with van der Waals surface area (Å²) in [5.74, 6) is -0.473. The molecule has 4 rings (SSSR count). The Bertz CT molecular complexity index is 1210. The van der Waals surface area contributed by atoms with Crippen LogP contribution in [-0.2, 0) is 23.1 Å². The second-order valence-corrected chi connectivity index (χ2v) is 7.67. The monoisotopic (exact) mass is 428 g/mol. The van der Waals surface area contributed by atoms with Gasteiger partial charge in [-0.25, -0.2) is 9.37 Å². The molecule has 1 saturated heterocycles. The highest BCUT2D eigenvalue weighted by Crippen LogP contribution is 2.24. The summed E-state index contributed by atoms with van der Waals surface area (Å²) in [6, 6.07) is 5.98. The molecule has 1 unspecified atom stereocenters. The Morgan fingerprint density at radius 1 is 1.26 bits per heavy atom. The zero-order valence-electron chi connectivity index (χ0n) is 17.6. The van der Waals surface area contributed by atoms with Crippen molar-refractivity contribution >= 4 is 22.4 Å². The average Bonchev–Trinajstić information content (AvgIpc) is 2.75. The summed E-state index contributed by atoms with van der Waals surface area (Å²) in [7, 11) is 1.54. The number of rotatable bonds is 6. The maximum Gasteiger partial charge on any atom is 0.264 e. The first-order valence-corrected chi connectivity index (χ1v) is 10.3. The fourth-order valence-electron chi connectivity index (χ4n) is 3.62. The first-order chi connectivity index (χ1) is 14.9. The van der Waals surface area contributed by atoms with E-state index in [0.717, 1.165) is 24.8 Å². The van der Waals surface area contributed by atoms with Crippen LogP contribution in [0.15, 0.2) is 40.2 Å². The van der Waals surface area contributed by atoms with Crippen LogP contribution in [0.2, 0.25) is 0 Å². The highest BCUT2D eigenvalue weighted by Gasteiger charge is 2.17. The Labute approximate surface area is 178 Å². The highest BCUT2D eigenvalue weighted by atomic mass is 19.1. The fourth-order valence-corrected chi connectivity index (χ4v) is 3.62. The molecule has 8 nitrogen and oxygen atoms in total. The number of aryl methyl sites for hydroxylation is 2. The number of pyridine rings is 1. The zero-order chi connectivity index (χ0) is 22.0. The number of hydrogen-bond acceptors (Lipinski definition) is 6. The summed E-state index contributed by atoms with van der Waals surface area (Å²) in [5, 5.41) is 3.10. The predicted molar refractivity (Wildman–Crippen MR) is 115 cm³/mol. The number of benzene rings is 1. The lowest BCUT2D eigenvalue weighted by atomic mass is 10.2. The summed E-state index contributed by atoms with van der Waals surface area (Å²) < 4.78 is 28.3. The van der Waals surface area contributed by atoms with Gasteiger partial charge < -0.3 is 14.8 Å². The normalized spacial score (nSPS) is 16.5. The summed E-state index contributed by atoms with van der Waals surface area (Å²) >= 11 is 0. The molecule has 9 heteroatoms. The van der Waals surface area contributed by atoms with Crippen molar-refractivity contribution in [2.75, 3.05) is 18.5 Å². The van der Waals surface area contributed by atoms with Gasteiger partial charge in [0.1, 0.15) is 11.2 Å². The molecular formula is C22H25FN4O4. The lowest BCUT2D eigenvalue weighted by molar-refractivity contribution is -0.163. The largest absolute Gasteiger partial charge is 0.353 e. The van der Waals surface area contributed by atoms with Crippen LogP contribution in [0.5, 0.6) is 0 Å². The number of anilines is 2. The van der Waals surface area contributed by atoms with Crippen LogP contribution in [-0.4, -0.2) is 33.6 Å². The molecule has 31 heavy (non-hydrogen) atoms. The molecule has 1 atom stereocenters. The first kappa shape index (κ1) is 21.2. The third-order valence-corrected chi connectivity index (χ3v) is 5.37. The maximum absolute atomic E-state index is 14.4. The molecule has 164 valence electrons. The Hall–Kier alpha value is -3.04. The quantitative estimate of drug-likeness (QED) is 0.650. The van der Waals surface area contributed by atoms with Gasteiger partial charge in [-0.15, -0.1) is 0 Å². The van der Waals surface area contributed by atoms with Crippen LogP contribution in [0.4, 0.5) is 15.8 Å². The third kappa shape index (κ3) is 4.52. The van der Waals surface area contributed by atoms with E-state index in [1.54, 1.807) is 26.1 Å². The van der Waals surface area contributed by atoms with E-state index in [2.05, 4.69) is 10.3 Å². The summed E-state index contributed by atoms with van der Waals surface area (Å²) in [4.78, 5) is 29.9. The van der Waals surface area contributed by atoms with Crippen molar-refractivity contribution in [2.45, 2.75) is 39.0 Å². The van der Waals surface area contributed by atoms with Gasteiger partial charge in [-0.1, -0.05) is 6.07 Å². The third-order valence-electron chi connectivity index (χ3n) is 5.37. The molecule has 0 bridgehead atoms. The number of aromatic nitrogens is 3. The molecule has 0 radical (unpaired) electrons. The minimum absolute atomic E-state index is 0.174. The van der Waals surface area contributed by atoms with E-state index in [-0.39, 0.29) is 46.4 Å². The van der Waals surface area contributed by atoms with Crippen LogP contribution >= 0.6 is 0 Å². The van der Waals surface area contributed by atoms with E-state index in [0.29, 0.717) is 13.2 Å². The molecule has 0 spiro atoms. The molecule has 1 N–H and O–H groups in total. The van der Waals surface area contributed by atoms with E-state index in [9.17, 15) is 14.0 Å². The number of hydrogen-bond donors (Lipinski definition) is 1. The molecule has 0 saturated carbocycles. The Kier molecular flexibility index (Phi) is 6.15. The molecule has 0 aliphatic carbocycles. The van der Waals surface area contributed by atoms with E-state index in [4.69, 9.17) is 9.47 Å². The van der Waals surface area contributed by atoms with E-state index >= 15 is 0 Å². The van der Waals surface area contributed by atoms with Crippen molar-refractivity contribution in [2.24, 2.45) is 7.05 Å². The van der Waals surface area contributed by atoms with Crippen LogP contribution in [0.3, 0.4) is 0 Å². The van der Waals surface area contributed by atoms with Crippen LogP contribution < -0.4 is 16.4 Å². The first-order valence-electron chi connectivity index (χ1n) is 10.3. The van der Waals surface area contributed by atoms with E-state index < -0.39 is 5.82 Å². The average molecular weight is 428 g/mol. The fraction of sp³-hybridized carbons (Fsp3) is 0.409. The van der Waals surface area contributed by atoms with Gasteiger partial charge in [-0.3, -0.25) is 18.7 Å². The molecule has 1 fully saturated rings. The summed E-state index contributed by atoms with van der Waals surface area (Å²) in [5.41, 5.74) is 0.675.